The van der Waals surface area contributed by atoms with Gasteiger partial charge in [0.1, 0.15) is 22.8 Å². The Bertz CT molecular complexity index is 1160. The lowest BCUT2D eigenvalue weighted by molar-refractivity contribution is -0.384. The minimum atomic E-state index is -0.374. The van der Waals surface area contributed by atoms with E-state index < -0.39 is 0 Å². The lowest BCUT2D eigenvalue weighted by atomic mass is 10.1. The minimum absolute atomic E-state index is 0.0232. The van der Waals surface area contributed by atoms with Gasteiger partial charge in [-0.2, -0.15) is 5.10 Å². The third-order valence-corrected chi connectivity index (χ3v) is 5.10. The highest BCUT2D eigenvalue weighted by Gasteiger charge is 2.26. The van der Waals surface area contributed by atoms with Gasteiger partial charge in [0.15, 0.2) is 5.76 Å². The van der Waals surface area contributed by atoms with Crippen LogP contribution in [0.25, 0.3) is 28.1 Å². The summed E-state index contributed by atoms with van der Waals surface area (Å²) in [6, 6.07) is 16.5. The monoisotopic (exact) mass is 374 g/mol. The van der Waals surface area contributed by atoms with E-state index in [0.29, 0.717) is 11.4 Å². The van der Waals surface area contributed by atoms with Crippen molar-refractivity contribution in [3.63, 3.8) is 0 Å². The smallest absolute Gasteiger partial charge is 0.294 e. The van der Waals surface area contributed by atoms with Crippen LogP contribution in [0.5, 0.6) is 0 Å². The molecule has 140 valence electrons. The van der Waals surface area contributed by atoms with Gasteiger partial charge in [-0.15, -0.1) is 0 Å². The van der Waals surface area contributed by atoms with Gasteiger partial charge in [0, 0.05) is 23.6 Å². The van der Waals surface area contributed by atoms with Crippen molar-refractivity contribution >= 4 is 22.5 Å². The molecule has 5 rings (SSSR count). The van der Waals surface area contributed by atoms with E-state index in [1.807, 2.05) is 30.3 Å². The quantitative estimate of drug-likeness (QED) is 0.405. The first-order valence-electron chi connectivity index (χ1n) is 9.31. The predicted octanol–water partition coefficient (Wildman–Crippen LogP) is 4.94. The largest absolute Gasteiger partial charge is 0.454 e. The van der Waals surface area contributed by atoms with E-state index in [9.17, 15) is 10.1 Å². The number of benzene rings is 2. The number of hydrogen-bond acceptors (Lipinski definition) is 5. The number of fused-ring (bicyclic) bond motifs is 2. The highest BCUT2D eigenvalue weighted by molar-refractivity contribution is 5.83. The van der Waals surface area contributed by atoms with Crippen LogP contribution in [0.1, 0.15) is 18.4 Å². The summed E-state index contributed by atoms with van der Waals surface area (Å²) >= 11 is 0. The molecular weight excluding hydrogens is 356 g/mol. The van der Waals surface area contributed by atoms with Crippen LogP contribution in [0.2, 0.25) is 0 Å². The van der Waals surface area contributed by atoms with Gasteiger partial charge in [0.05, 0.1) is 4.92 Å². The van der Waals surface area contributed by atoms with Crippen molar-refractivity contribution in [3.8, 4) is 17.1 Å². The molecule has 2 aromatic heterocycles. The van der Waals surface area contributed by atoms with Crippen LogP contribution in [-0.4, -0.2) is 21.2 Å². The predicted molar refractivity (Wildman–Crippen MR) is 107 cm³/mol. The number of furan rings is 1. The topological polar surface area (TPSA) is 86.1 Å². The maximum absolute atomic E-state index is 11.6. The number of nitrogens with one attached hydrogen (secondary N) is 1. The molecule has 1 aliphatic rings. The molecule has 2 aromatic carbocycles. The van der Waals surface area contributed by atoms with Crippen LogP contribution in [0.4, 0.5) is 11.5 Å². The lowest BCUT2D eigenvalue weighted by Gasteiger charge is -2.09. The standard InChI is InChI=1S/C21H18N4O3/c26-25(27)17-10-3-2-9-16(17)24-21-15(8-5-6-12-22-21)20(23-24)19-13-14-7-1-4-11-18(14)28-19/h1-4,7,9-11,13,22H,5-6,8,12H2. The van der Waals surface area contributed by atoms with E-state index in [0.717, 1.165) is 53.9 Å². The molecule has 0 saturated carbocycles. The molecular formula is C21H18N4O3. The summed E-state index contributed by atoms with van der Waals surface area (Å²) in [7, 11) is 0. The Morgan fingerprint density at radius 2 is 1.93 bits per heavy atom. The molecule has 0 aliphatic carbocycles. The Balaban J connectivity index is 1.75. The van der Waals surface area contributed by atoms with Crippen molar-refractivity contribution < 1.29 is 9.34 Å². The van der Waals surface area contributed by atoms with Gasteiger partial charge in [-0.25, -0.2) is 4.68 Å². The zero-order valence-corrected chi connectivity index (χ0v) is 15.1. The summed E-state index contributed by atoms with van der Waals surface area (Å²) in [6.45, 7) is 0.804. The highest BCUT2D eigenvalue weighted by Crippen LogP contribution is 2.37. The Morgan fingerprint density at radius 3 is 2.79 bits per heavy atom. The van der Waals surface area contributed by atoms with Crippen LogP contribution in [-0.2, 0) is 6.42 Å². The average Bonchev–Trinajstić information content (AvgIpc) is 3.21. The number of nitro groups is 1. The van der Waals surface area contributed by atoms with Gasteiger partial charge in [0.2, 0.25) is 0 Å². The van der Waals surface area contributed by atoms with Crippen LogP contribution in [0.15, 0.2) is 59.0 Å². The molecule has 0 atom stereocenters. The number of aromatic nitrogens is 2. The fourth-order valence-electron chi connectivity index (χ4n) is 3.77. The number of hydrogen-bond donors (Lipinski definition) is 1. The van der Waals surface area contributed by atoms with E-state index in [1.54, 1.807) is 22.9 Å². The second kappa shape index (κ2) is 6.53. The number of para-hydroxylation sites is 3. The number of anilines is 1. The Hall–Kier alpha value is -3.61. The molecule has 1 N–H and O–H groups in total. The molecule has 3 heterocycles. The molecule has 0 saturated heterocycles. The van der Waals surface area contributed by atoms with Crippen molar-refractivity contribution in [1.29, 1.82) is 0 Å². The second-order valence-electron chi connectivity index (χ2n) is 6.87. The fraction of sp³-hybridized carbons (Fsp3) is 0.190. The van der Waals surface area contributed by atoms with E-state index in [-0.39, 0.29) is 10.6 Å². The number of nitrogens with zero attached hydrogens (tertiary/aromatic N) is 3. The minimum Gasteiger partial charge on any atom is -0.454 e. The first-order chi connectivity index (χ1) is 13.7. The molecule has 0 fully saturated rings. The molecule has 28 heavy (non-hydrogen) atoms. The van der Waals surface area contributed by atoms with E-state index in [1.165, 1.54) is 6.07 Å². The maximum atomic E-state index is 11.6. The fourth-order valence-corrected chi connectivity index (χ4v) is 3.77. The Labute approximate surface area is 160 Å². The average molecular weight is 374 g/mol. The van der Waals surface area contributed by atoms with Crippen molar-refractivity contribution in [2.45, 2.75) is 19.3 Å². The van der Waals surface area contributed by atoms with Gasteiger partial charge in [-0.1, -0.05) is 30.3 Å². The van der Waals surface area contributed by atoms with Crippen molar-refractivity contribution in [2.24, 2.45) is 0 Å². The zero-order valence-electron chi connectivity index (χ0n) is 15.1. The van der Waals surface area contributed by atoms with E-state index >= 15 is 0 Å². The summed E-state index contributed by atoms with van der Waals surface area (Å²) < 4.78 is 7.70. The Kier molecular flexibility index (Phi) is 3.86. The summed E-state index contributed by atoms with van der Waals surface area (Å²) in [5.41, 5.74) is 3.04. The van der Waals surface area contributed by atoms with Crippen molar-refractivity contribution in [1.82, 2.24) is 9.78 Å². The van der Waals surface area contributed by atoms with Crippen LogP contribution in [0.3, 0.4) is 0 Å². The SMILES string of the molecule is O=[N+]([O-])c1ccccc1-n1nc(-c2cc3ccccc3o2)c2c1NCCCC2. The molecule has 4 aromatic rings. The van der Waals surface area contributed by atoms with Gasteiger partial charge in [-0.3, -0.25) is 10.1 Å². The molecule has 1 aliphatic heterocycles. The van der Waals surface area contributed by atoms with Crippen LogP contribution < -0.4 is 5.32 Å². The first-order valence-corrected chi connectivity index (χ1v) is 9.31. The zero-order chi connectivity index (χ0) is 19.1. The molecule has 0 unspecified atom stereocenters. The van der Waals surface area contributed by atoms with Crippen LogP contribution >= 0.6 is 0 Å². The molecule has 7 nitrogen and oxygen atoms in total. The van der Waals surface area contributed by atoms with Gasteiger partial charge in [-0.05, 0) is 37.5 Å². The normalized spacial score (nSPS) is 13.7. The number of rotatable bonds is 3. The maximum Gasteiger partial charge on any atom is 0.294 e. The second-order valence-corrected chi connectivity index (χ2v) is 6.87. The van der Waals surface area contributed by atoms with Crippen molar-refractivity contribution in [2.75, 3.05) is 11.9 Å². The third-order valence-electron chi connectivity index (χ3n) is 5.10. The van der Waals surface area contributed by atoms with E-state index in [4.69, 9.17) is 9.52 Å². The Morgan fingerprint density at radius 1 is 1.11 bits per heavy atom. The third kappa shape index (κ3) is 2.63. The number of nitro benzene ring substituents is 1. The molecule has 0 spiro atoms. The van der Waals surface area contributed by atoms with Gasteiger partial charge in [0.25, 0.3) is 5.69 Å². The van der Waals surface area contributed by atoms with Gasteiger partial charge < -0.3 is 9.73 Å². The van der Waals surface area contributed by atoms with E-state index in [2.05, 4.69) is 5.32 Å². The van der Waals surface area contributed by atoms with Crippen molar-refractivity contribution in [3.05, 3.63) is 70.3 Å². The summed E-state index contributed by atoms with van der Waals surface area (Å²) in [5, 5.41) is 20.7. The molecule has 7 heteroatoms. The highest BCUT2D eigenvalue weighted by atomic mass is 16.6. The van der Waals surface area contributed by atoms with Crippen LogP contribution in [0, 0.1) is 10.1 Å². The lowest BCUT2D eigenvalue weighted by Crippen LogP contribution is -2.08. The first kappa shape index (κ1) is 16.6. The summed E-state index contributed by atoms with van der Waals surface area (Å²) in [4.78, 5) is 11.2. The summed E-state index contributed by atoms with van der Waals surface area (Å²) in [6.07, 6.45) is 2.90. The summed E-state index contributed by atoms with van der Waals surface area (Å²) in [5.74, 6) is 1.49. The molecule has 0 amide bonds. The van der Waals surface area contributed by atoms with Gasteiger partial charge >= 0.3 is 0 Å². The molecule has 0 radical (unpaired) electrons. The molecule has 0 bridgehead atoms.